The summed E-state index contributed by atoms with van der Waals surface area (Å²) in [4.78, 5) is 27.1. The topological polar surface area (TPSA) is 49.4 Å². The molecule has 1 atom stereocenters. The van der Waals surface area contributed by atoms with Gasteiger partial charge in [-0.15, -0.1) is 0 Å². The maximum absolute atomic E-state index is 12.8. The Kier molecular flexibility index (Phi) is 5.84. The molecule has 1 heterocycles. The Balaban J connectivity index is 1.64. The fraction of sp³-hybridized carbons (Fsp3) is 0.273. The normalized spacial score (nSPS) is 17.2. The molecule has 4 nitrogen and oxygen atoms in total. The monoisotopic (exact) mass is 348 g/mol. The van der Waals surface area contributed by atoms with Crippen LogP contribution in [0.3, 0.4) is 0 Å². The number of hydrogen-bond acceptors (Lipinski definition) is 2. The molecule has 4 heteroatoms. The number of amides is 2. The molecule has 0 bridgehead atoms. The van der Waals surface area contributed by atoms with E-state index in [1.807, 2.05) is 73.7 Å². The van der Waals surface area contributed by atoms with E-state index in [-0.39, 0.29) is 17.9 Å². The molecule has 1 fully saturated rings. The number of nitrogens with zero attached hydrogens (tertiary/aromatic N) is 1. The van der Waals surface area contributed by atoms with Crippen molar-refractivity contribution in [3.8, 4) is 0 Å². The highest BCUT2D eigenvalue weighted by atomic mass is 16.2. The third kappa shape index (κ3) is 4.39. The van der Waals surface area contributed by atoms with E-state index in [9.17, 15) is 9.59 Å². The second kappa shape index (κ2) is 8.48. The van der Waals surface area contributed by atoms with E-state index in [4.69, 9.17) is 0 Å². The molecule has 0 radical (unpaired) electrons. The third-order valence-corrected chi connectivity index (χ3v) is 4.65. The van der Waals surface area contributed by atoms with E-state index in [2.05, 4.69) is 5.32 Å². The van der Waals surface area contributed by atoms with Gasteiger partial charge in [0.1, 0.15) is 6.04 Å². The first kappa shape index (κ1) is 17.9. The van der Waals surface area contributed by atoms with E-state index < -0.39 is 0 Å². The zero-order valence-electron chi connectivity index (χ0n) is 15.0. The Labute approximate surface area is 154 Å². The van der Waals surface area contributed by atoms with Gasteiger partial charge in [0, 0.05) is 18.7 Å². The number of benzene rings is 2. The molecule has 0 spiro atoms. The van der Waals surface area contributed by atoms with Gasteiger partial charge in [-0.05, 0) is 37.0 Å². The third-order valence-electron chi connectivity index (χ3n) is 4.65. The molecule has 1 saturated heterocycles. The van der Waals surface area contributed by atoms with Gasteiger partial charge in [-0.25, -0.2) is 0 Å². The van der Waals surface area contributed by atoms with E-state index in [0.29, 0.717) is 25.1 Å². The zero-order chi connectivity index (χ0) is 18.4. The van der Waals surface area contributed by atoms with Crippen LogP contribution in [0.15, 0.2) is 66.2 Å². The zero-order valence-corrected chi connectivity index (χ0v) is 15.0. The lowest BCUT2D eigenvalue weighted by atomic mass is 10.1. The molecule has 2 aromatic carbocycles. The number of hydrogen-bond donors (Lipinski definition) is 1. The highest BCUT2D eigenvalue weighted by molar-refractivity contribution is 6.00. The predicted molar refractivity (Wildman–Crippen MR) is 103 cm³/mol. The van der Waals surface area contributed by atoms with Crippen molar-refractivity contribution in [2.45, 2.75) is 32.4 Å². The number of carbonyl (C=O) groups is 2. The van der Waals surface area contributed by atoms with Gasteiger partial charge in [0.05, 0.1) is 0 Å². The van der Waals surface area contributed by atoms with Crippen molar-refractivity contribution in [2.24, 2.45) is 0 Å². The molecule has 0 unspecified atom stereocenters. The summed E-state index contributed by atoms with van der Waals surface area (Å²) in [5, 5.41) is 2.96. The van der Waals surface area contributed by atoms with E-state index in [0.717, 1.165) is 17.5 Å². The summed E-state index contributed by atoms with van der Waals surface area (Å²) in [6.07, 6.45) is 3.44. The smallest absolute Gasteiger partial charge is 0.250 e. The van der Waals surface area contributed by atoms with Crippen molar-refractivity contribution in [2.75, 3.05) is 6.54 Å². The van der Waals surface area contributed by atoms with Crippen molar-refractivity contribution in [3.05, 3.63) is 77.4 Å². The summed E-state index contributed by atoms with van der Waals surface area (Å²) in [6.45, 7) is 2.92. The summed E-state index contributed by atoms with van der Waals surface area (Å²) in [5.74, 6) is -0.140. The van der Waals surface area contributed by atoms with Gasteiger partial charge in [0.25, 0.3) is 0 Å². The van der Waals surface area contributed by atoms with Crippen molar-refractivity contribution >= 4 is 17.9 Å². The Morgan fingerprint density at radius 3 is 2.42 bits per heavy atom. The van der Waals surface area contributed by atoms with Crippen molar-refractivity contribution < 1.29 is 9.59 Å². The average molecular weight is 348 g/mol. The highest BCUT2D eigenvalue weighted by Crippen LogP contribution is 2.21. The molecule has 0 aliphatic carbocycles. The van der Waals surface area contributed by atoms with Gasteiger partial charge >= 0.3 is 0 Å². The van der Waals surface area contributed by atoms with Gasteiger partial charge in [0.15, 0.2) is 0 Å². The van der Waals surface area contributed by atoms with Crippen LogP contribution in [0.1, 0.15) is 30.9 Å². The summed E-state index contributed by atoms with van der Waals surface area (Å²) in [6, 6.07) is 19.2. The minimum atomic E-state index is -0.384. The average Bonchev–Trinajstić information content (AvgIpc) is 3.17. The van der Waals surface area contributed by atoms with Crippen molar-refractivity contribution in [1.29, 1.82) is 0 Å². The molecule has 1 aliphatic heterocycles. The number of likely N-dealkylation sites (tertiary alicyclic amines) is 1. The molecule has 0 aromatic heterocycles. The largest absolute Gasteiger partial charge is 0.350 e. The Morgan fingerprint density at radius 1 is 1.08 bits per heavy atom. The lowest BCUT2D eigenvalue weighted by Gasteiger charge is -2.24. The molecular formula is C22H24N2O2. The molecule has 0 saturated carbocycles. The van der Waals surface area contributed by atoms with E-state index in [1.165, 1.54) is 0 Å². The first-order chi connectivity index (χ1) is 12.6. The quantitative estimate of drug-likeness (QED) is 0.842. The first-order valence-corrected chi connectivity index (χ1v) is 9.01. The van der Waals surface area contributed by atoms with E-state index in [1.54, 1.807) is 4.90 Å². The minimum Gasteiger partial charge on any atom is -0.350 e. The van der Waals surface area contributed by atoms with Crippen LogP contribution in [0.4, 0.5) is 0 Å². The van der Waals surface area contributed by atoms with Gasteiger partial charge in [-0.3, -0.25) is 9.59 Å². The van der Waals surface area contributed by atoms with Crippen LogP contribution >= 0.6 is 0 Å². The second-order valence-corrected chi connectivity index (χ2v) is 6.60. The summed E-state index contributed by atoms with van der Waals surface area (Å²) in [7, 11) is 0. The van der Waals surface area contributed by atoms with Crippen molar-refractivity contribution in [1.82, 2.24) is 10.2 Å². The molecule has 2 amide bonds. The molecule has 2 aromatic rings. The fourth-order valence-corrected chi connectivity index (χ4v) is 3.27. The lowest BCUT2D eigenvalue weighted by Crippen LogP contribution is -2.46. The van der Waals surface area contributed by atoms with Crippen LogP contribution in [0.25, 0.3) is 6.08 Å². The van der Waals surface area contributed by atoms with Gasteiger partial charge < -0.3 is 10.2 Å². The molecule has 3 rings (SSSR count). The Hall–Kier alpha value is -2.88. The van der Waals surface area contributed by atoms with Crippen LogP contribution < -0.4 is 5.32 Å². The highest BCUT2D eigenvalue weighted by Gasteiger charge is 2.34. The van der Waals surface area contributed by atoms with Gasteiger partial charge in [-0.2, -0.15) is 0 Å². The van der Waals surface area contributed by atoms with E-state index >= 15 is 0 Å². The van der Waals surface area contributed by atoms with Crippen LogP contribution in [-0.4, -0.2) is 29.3 Å². The standard InChI is InChI=1S/C22H24N2O2/c1-17(15-18-9-4-2-5-10-18)22(26)24-14-8-13-20(24)21(25)23-16-19-11-6-3-7-12-19/h2-7,9-12,15,20H,8,13-14,16H2,1H3,(H,23,25)/b17-15+/t20-/m0/s1. The van der Waals surface area contributed by atoms with Crippen LogP contribution in [0.5, 0.6) is 0 Å². The summed E-state index contributed by atoms with van der Waals surface area (Å²) in [5.41, 5.74) is 2.69. The maximum Gasteiger partial charge on any atom is 0.250 e. The summed E-state index contributed by atoms with van der Waals surface area (Å²) >= 11 is 0. The molecule has 1 aliphatic rings. The van der Waals surface area contributed by atoms with Crippen LogP contribution in [0, 0.1) is 0 Å². The Morgan fingerprint density at radius 2 is 1.73 bits per heavy atom. The minimum absolute atomic E-state index is 0.0637. The van der Waals surface area contributed by atoms with Crippen LogP contribution in [0.2, 0.25) is 0 Å². The Bertz CT molecular complexity index is 784. The van der Waals surface area contributed by atoms with Crippen molar-refractivity contribution in [3.63, 3.8) is 0 Å². The number of carbonyl (C=O) groups excluding carboxylic acids is 2. The summed E-state index contributed by atoms with van der Waals surface area (Å²) < 4.78 is 0. The SMILES string of the molecule is C/C(=C\c1ccccc1)C(=O)N1CCC[C@H]1C(=O)NCc1ccccc1. The second-order valence-electron chi connectivity index (χ2n) is 6.60. The number of nitrogens with one attached hydrogen (secondary N) is 1. The number of rotatable bonds is 5. The van der Waals surface area contributed by atoms with Gasteiger partial charge in [-0.1, -0.05) is 60.7 Å². The molecule has 26 heavy (non-hydrogen) atoms. The van der Waals surface area contributed by atoms with Crippen LogP contribution in [-0.2, 0) is 16.1 Å². The fourth-order valence-electron chi connectivity index (χ4n) is 3.27. The maximum atomic E-state index is 12.8. The first-order valence-electron chi connectivity index (χ1n) is 9.01. The van der Waals surface area contributed by atoms with Gasteiger partial charge in [0.2, 0.25) is 11.8 Å². The molecule has 134 valence electrons. The lowest BCUT2D eigenvalue weighted by molar-refractivity contribution is -0.135. The molecule has 1 N–H and O–H groups in total. The predicted octanol–water partition coefficient (Wildman–Crippen LogP) is 3.40. The molecular weight excluding hydrogens is 324 g/mol.